The van der Waals surface area contributed by atoms with E-state index in [9.17, 15) is 14.4 Å². The third-order valence-corrected chi connectivity index (χ3v) is 4.16. The third-order valence-electron chi connectivity index (χ3n) is 4.16. The molecule has 0 radical (unpaired) electrons. The van der Waals surface area contributed by atoms with Gasteiger partial charge in [0.05, 0.1) is 10.9 Å². The van der Waals surface area contributed by atoms with Crippen molar-refractivity contribution in [1.82, 2.24) is 14.9 Å². The van der Waals surface area contributed by atoms with Crippen molar-refractivity contribution in [2.24, 2.45) is 0 Å². The minimum absolute atomic E-state index is 0.163. The second-order valence-corrected chi connectivity index (χ2v) is 5.77. The van der Waals surface area contributed by atoms with E-state index >= 15 is 0 Å². The van der Waals surface area contributed by atoms with Crippen LogP contribution in [0.2, 0.25) is 0 Å². The number of rotatable bonds is 3. The van der Waals surface area contributed by atoms with Crippen LogP contribution < -0.4 is 16.6 Å². The van der Waals surface area contributed by atoms with Gasteiger partial charge in [-0.1, -0.05) is 31.4 Å². The molecule has 0 unspecified atom stereocenters. The Morgan fingerprint density at radius 1 is 1.18 bits per heavy atom. The third kappa shape index (κ3) is 2.95. The number of nitrogens with zero attached hydrogens (tertiary/aromatic N) is 1. The maximum atomic E-state index is 12.3. The maximum Gasteiger partial charge on any atom is 0.329 e. The van der Waals surface area contributed by atoms with Crippen molar-refractivity contribution < 1.29 is 4.79 Å². The van der Waals surface area contributed by atoms with Crippen molar-refractivity contribution in [3.8, 4) is 0 Å². The zero-order valence-electron chi connectivity index (χ0n) is 12.3. The standard InChI is InChI=1S/C16H19N3O3/c20-14(17-11-6-2-1-3-7-11)10-19-15(21)12-8-4-5-9-13(12)18-16(19)22/h4-5,8-9,11H,1-3,6-7,10H2,(H,17,20)(H,18,22). The molecule has 1 aliphatic carbocycles. The minimum atomic E-state index is -0.553. The molecule has 0 saturated heterocycles. The van der Waals surface area contributed by atoms with E-state index in [0.29, 0.717) is 10.9 Å². The summed E-state index contributed by atoms with van der Waals surface area (Å²) in [6, 6.07) is 6.96. The summed E-state index contributed by atoms with van der Waals surface area (Å²) in [7, 11) is 0. The van der Waals surface area contributed by atoms with Crippen molar-refractivity contribution in [2.45, 2.75) is 44.7 Å². The Labute approximate surface area is 127 Å². The Balaban J connectivity index is 1.82. The summed E-state index contributed by atoms with van der Waals surface area (Å²) in [5.41, 5.74) is -0.498. The van der Waals surface area contributed by atoms with E-state index in [1.165, 1.54) is 6.42 Å². The zero-order valence-corrected chi connectivity index (χ0v) is 12.3. The molecule has 1 amide bonds. The number of para-hydroxylation sites is 1. The van der Waals surface area contributed by atoms with E-state index in [2.05, 4.69) is 10.3 Å². The molecule has 1 aliphatic rings. The normalized spacial score (nSPS) is 15.8. The summed E-state index contributed by atoms with van der Waals surface area (Å²) >= 11 is 0. The Morgan fingerprint density at radius 3 is 2.68 bits per heavy atom. The molecular formula is C16H19N3O3. The van der Waals surface area contributed by atoms with Crippen LogP contribution in [-0.4, -0.2) is 21.5 Å². The van der Waals surface area contributed by atoms with Gasteiger partial charge in [-0.2, -0.15) is 0 Å². The van der Waals surface area contributed by atoms with E-state index in [1.54, 1.807) is 24.3 Å². The number of carbonyl (C=O) groups is 1. The van der Waals surface area contributed by atoms with Crippen LogP contribution in [0.4, 0.5) is 0 Å². The molecular weight excluding hydrogens is 282 g/mol. The molecule has 1 saturated carbocycles. The summed E-state index contributed by atoms with van der Waals surface area (Å²) in [6.07, 6.45) is 5.36. The Morgan fingerprint density at radius 2 is 1.91 bits per heavy atom. The largest absolute Gasteiger partial charge is 0.352 e. The highest BCUT2D eigenvalue weighted by atomic mass is 16.2. The second-order valence-electron chi connectivity index (χ2n) is 5.77. The van der Waals surface area contributed by atoms with E-state index in [4.69, 9.17) is 0 Å². The average molecular weight is 301 g/mol. The monoisotopic (exact) mass is 301 g/mol. The number of H-pyrrole nitrogens is 1. The van der Waals surface area contributed by atoms with Crippen LogP contribution in [0.1, 0.15) is 32.1 Å². The first-order chi connectivity index (χ1) is 10.6. The molecule has 1 heterocycles. The van der Waals surface area contributed by atoms with Crippen LogP contribution >= 0.6 is 0 Å². The number of amides is 1. The highest BCUT2D eigenvalue weighted by molar-refractivity contribution is 5.79. The van der Waals surface area contributed by atoms with Crippen molar-refractivity contribution in [1.29, 1.82) is 0 Å². The fraction of sp³-hybridized carbons (Fsp3) is 0.438. The average Bonchev–Trinajstić information content (AvgIpc) is 2.52. The molecule has 6 heteroatoms. The predicted molar refractivity (Wildman–Crippen MR) is 83.8 cm³/mol. The fourth-order valence-corrected chi connectivity index (χ4v) is 3.01. The van der Waals surface area contributed by atoms with Gasteiger partial charge in [0.15, 0.2) is 0 Å². The van der Waals surface area contributed by atoms with Crippen molar-refractivity contribution >= 4 is 16.8 Å². The van der Waals surface area contributed by atoms with Gasteiger partial charge in [0.2, 0.25) is 5.91 Å². The number of benzene rings is 1. The van der Waals surface area contributed by atoms with Crippen LogP contribution in [0, 0.1) is 0 Å². The summed E-state index contributed by atoms with van der Waals surface area (Å²) in [4.78, 5) is 39.1. The molecule has 116 valence electrons. The highest BCUT2D eigenvalue weighted by Gasteiger charge is 2.17. The highest BCUT2D eigenvalue weighted by Crippen LogP contribution is 2.17. The molecule has 3 rings (SSSR count). The molecule has 0 bridgehead atoms. The van der Waals surface area contributed by atoms with Gasteiger partial charge in [0, 0.05) is 6.04 Å². The molecule has 1 aromatic carbocycles. The van der Waals surface area contributed by atoms with Gasteiger partial charge in [-0.15, -0.1) is 0 Å². The van der Waals surface area contributed by atoms with Gasteiger partial charge in [-0.25, -0.2) is 4.79 Å². The summed E-state index contributed by atoms with van der Waals surface area (Å²) in [5.74, 6) is -0.283. The lowest BCUT2D eigenvalue weighted by Gasteiger charge is -2.22. The molecule has 1 aromatic heterocycles. The van der Waals surface area contributed by atoms with Crippen LogP contribution in [0.25, 0.3) is 10.9 Å². The Kier molecular flexibility index (Phi) is 4.09. The first kappa shape index (κ1) is 14.6. The molecule has 22 heavy (non-hydrogen) atoms. The van der Waals surface area contributed by atoms with Gasteiger partial charge < -0.3 is 10.3 Å². The van der Waals surface area contributed by atoms with Crippen LogP contribution in [0.3, 0.4) is 0 Å². The fourth-order valence-electron chi connectivity index (χ4n) is 3.01. The predicted octanol–water partition coefficient (Wildman–Crippen LogP) is 1.14. The Bertz CT molecular complexity index is 800. The van der Waals surface area contributed by atoms with E-state index in [-0.39, 0.29) is 18.5 Å². The van der Waals surface area contributed by atoms with Crippen molar-refractivity contribution in [2.75, 3.05) is 0 Å². The summed E-state index contributed by atoms with van der Waals surface area (Å²) < 4.78 is 0.959. The number of carbonyl (C=O) groups excluding carboxylic acids is 1. The number of hydrogen-bond acceptors (Lipinski definition) is 3. The van der Waals surface area contributed by atoms with Gasteiger partial charge in [0.1, 0.15) is 6.54 Å². The first-order valence-corrected chi connectivity index (χ1v) is 7.66. The van der Waals surface area contributed by atoms with Crippen molar-refractivity contribution in [3.63, 3.8) is 0 Å². The number of aromatic amines is 1. The lowest BCUT2D eigenvalue weighted by molar-refractivity contribution is -0.122. The topological polar surface area (TPSA) is 84.0 Å². The smallest absolute Gasteiger partial charge is 0.329 e. The van der Waals surface area contributed by atoms with Gasteiger partial charge in [-0.05, 0) is 25.0 Å². The quantitative estimate of drug-likeness (QED) is 0.891. The van der Waals surface area contributed by atoms with Crippen LogP contribution in [0.15, 0.2) is 33.9 Å². The summed E-state index contributed by atoms with van der Waals surface area (Å²) in [5, 5.41) is 3.33. The number of nitrogens with one attached hydrogen (secondary N) is 2. The van der Waals surface area contributed by atoms with E-state index in [1.807, 2.05) is 0 Å². The zero-order chi connectivity index (χ0) is 15.5. The SMILES string of the molecule is O=C(Cn1c(=O)[nH]c2ccccc2c1=O)NC1CCCCC1. The lowest BCUT2D eigenvalue weighted by atomic mass is 9.95. The van der Waals surface area contributed by atoms with Crippen LogP contribution in [0.5, 0.6) is 0 Å². The number of aromatic nitrogens is 2. The molecule has 6 nitrogen and oxygen atoms in total. The molecule has 2 aromatic rings. The molecule has 0 aliphatic heterocycles. The maximum absolute atomic E-state index is 12.3. The number of hydrogen-bond donors (Lipinski definition) is 2. The minimum Gasteiger partial charge on any atom is -0.352 e. The molecule has 1 fully saturated rings. The van der Waals surface area contributed by atoms with Crippen LogP contribution in [-0.2, 0) is 11.3 Å². The second kappa shape index (κ2) is 6.17. The van der Waals surface area contributed by atoms with Gasteiger partial charge in [0.25, 0.3) is 5.56 Å². The van der Waals surface area contributed by atoms with Crippen molar-refractivity contribution in [3.05, 3.63) is 45.1 Å². The lowest BCUT2D eigenvalue weighted by Crippen LogP contribution is -2.43. The molecule has 2 N–H and O–H groups in total. The van der Waals surface area contributed by atoms with Gasteiger partial charge >= 0.3 is 5.69 Å². The Hall–Kier alpha value is -2.37. The number of fused-ring (bicyclic) bond motifs is 1. The molecule has 0 atom stereocenters. The van der Waals surface area contributed by atoms with Gasteiger partial charge in [-0.3, -0.25) is 14.2 Å². The van der Waals surface area contributed by atoms with E-state index in [0.717, 1.165) is 30.3 Å². The summed E-state index contributed by atoms with van der Waals surface area (Å²) in [6.45, 7) is -0.241. The first-order valence-electron chi connectivity index (χ1n) is 7.66. The van der Waals surface area contributed by atoms with E-state index < -0.39 is 11.2 Å². The molecule has 0 spiro atoms.